The van der Waals surface area contributed by atoms with Crippen molar-refractivity contribution in [2.45, 2.75) is 39.5 Å². The summed E-state index contributed by atoms with van der Waals surface area (Å²) in [5.41, 5.74) is -0.654. The van der Waals surface area contributed by atoms with Gasteiger partial charge in [0.15, 0.2) is 11.5 Å². The van der Waals surface area contributed by atoms with Crippen molar-refractivity contribution < 1.29 is 34.1 Å². The van der Waals surface area contributed by atoms with Gasteiger partial charge in [0.25, 0.3) is 5.56 Å². The molecule has 0 fully saturated rings. The highest BCUT2D eigenvalue weighted by Crippen LogP contribution is 2.31. The first-order valence-corrected chi connectivity index (χ1v) is 11.4. The fourth-order valence-corrected chi connectivity index (χ4v) is 3.65. The van der Waals surface area contributed by atoms with Gasteiger partial charge in [-0.2, -0.15) is 0 Å². The number of thiophene rings is 1. The number of rotatable bonds is 7. The first-order valence-electron chi connectivity index (χ1n) is 10.6. The van der Waals surface area contributed by atoms with Crippen LogP contribution in [0.4, 0.5) is 15.3 Å². The minimum Gasteiger partial charge on any atom is -0.501 e. The minimum absolute atomic E-state index is 0.0392. The van der Waals surface area contributed by atoms with Gasteiger partial charge in [-0.25, -0.2) is 19.4 Å². The van der Waals surface area contributed by atoms with Gasteiger partial charge in [0.1, 0.15) is 12.2 Å². The Morgan fingerprint density at radius 2 is 1.75 bits per heavy atom. The number of hydrogen-bond donors (Lipinski definition) is 5. The van der Waals surface area contributed by atoms with Gasteiger partial charge in [-0.1, -0.05) is 24.3 Å². The van der Waals surface area contributed by atoms with Crippen LogP contribution in [0.1, 0.15) is 42.4 Å². The molecule has 12 nitrogen and oxygen atoms in total. The van der Waals surface area contributed by atoms with Gasteiger partial charge in [-0.3, -0.25) is 10.1 Å². The lowest BCUT2D eigenvalue weighted by Crippen LogP contribution is -2.32. The van der Waals surface area contributed by atoms with E-state index in [1.807, 2.05) is 0 Å². The second kappa shape index (κ2) is 10.9. The van der Waals surface area contributed by atoms with Gasteiger partial charge in [-0.05, 0) is 43.3 Å². The summed E-state index contributed by atoms with van der Waals surface area (Å²) in [6.07, 6.45) is -1.31. The maximum absolute atomic E-state index is 12.3. The maximum atomic E-state index is 12.3. The Balaban J connectivity index is 1.57. The molecule has 0 bridgehead atoms. The molecular formula is C23H24N4O8S. The Bertz CT molecular complexity index is 1330. The van der Waals surface area contributed by atoms with Crippen LogP contribution in [-0.2, 0) is 22.6 Å². The SMILES string of the molecule is CC(C)(C)OC(=O)NCc1ccc(COC(=O)Nc2ccsc2-c2nc(C(=O)O)c(O)c(=O)[nH]2)cc1. The third kappa shape index (κ3) is 7.06. The molecule has 0 aliphatic heterocycles. The molecule has 0 aliphatic rings. The second-order valence-electron chi connectivity index (χ2n) is 8.45. The van der Waals surface area contributed by atoms with Gasteiger partial charge in [0.2, 0.25) is 5.75 Å². The number of nitrogens with one attached hydrogen (secondary N) is 3. The highest BCUT2D eigenvalue weighted by molar-refractivity contribution is 7.14. The van der Waals surface area contributed by atoms with Crippen LogP contribution in [0.25, 0.3) is 10.7 Å². The van der Waals surface area contributed by atoms with Crippen LogP contribution in [0.5, 0.6) is 5.75 Å². The Labute approximate surface area is 208 Å². The lowest BCUT2D eigenvalue weighted by atomic mass is 10.1. The molecule has 0 saturated heterocycles. The average Bonchev–Trinajstić information content (AvgIpc) is 3.25. The Morgan fingerprint density at radius 3 is 2.39 bits per heavy atom. The van der Waals surface area contributed by atoms with Crippen LogP contribution in [0.15, 0.2) is 40.5 Å². The normalized spacial score (nSPS) is 11.0. The molecule has 5 N–H and O–H groups in total. The van der Waals surface area contributed by atoms with Crippen LogP contribution >= 0.6 is 11.3 Å². The minimum atomic E-state index is -1.57. The van der Waals surface area contributed by atoms with Crippen molar-refractivity contribution in [2.75, 3.05) is 5.32 Å². The quantitative estimate of drug-likeness (QED) is 0.313. The zero-order valence-corrected chi connectivity index (χ0v) is 20.4. The van der Waals surface area contributed by atoms with Gasteiger partial charge < -0.3 is 30.0 Å². The standard InChI is InChI=1S/C23H24N4O8S/c1-23(2,3)35-21(32)24-10-12-4-6-13(7-5-12)11-34-22(33)25-14-8-9-36-17(14)18-26-15(20(30)31)16(28)19(29)27-18/h4-9,28H,10-11H2,1-3H3,(H,24,32)(H,25,33)(H,30,31)(H,26,27,29). The van der Waals surface area contributed by atoms with Crippen molar-refractivity contribution in [2.24, 2.45) is 0 Å². The van der Waals surface area contributed by atoms with E-state index in [4.69, 9.17) is 14.6 Å². The molecule has 190 valence electrons. The van der Waals surface area contributed by atoms with Crippen LogP contribution in [0.2, 0.25) is 0 Å². The Morgan fingerprint density at radius 1 is 1.08 bits per heavy atom. The number of amides is 2. The fraction of sp³-hybridized carbons (Fsp3) is 0.261. The molecule has 3 rings (SSSR count). The average molecular weight is 517 g/mol. The van der Waals surface area contributed by atoms with E-state index in [-0.39, 0.29) is 29.5 Å². The number of aromatic carboxylic acids is 1. The first kappa shape index (κ1) is 26.2. The Kier molecular flexibility index (Phi) is 7.94. The molecule has 0 saturated carbocycles. The van der Waals surface area contributed by atoms with Gasteiger partial charge in [-0.15, -0.1) is 11.3 Å². The predicted molar refractivity (Wildman–Crippen MR) is 130 cm³/mol. The highest BCUT2D eigenvalue weighted by Gasteiger charge is 2.20. The van der Waals surface area contributed by atoms with Crippen LogP contribution in [-0.4, -0.2) is 43.9 Å². The predicted octanol–water partition coefficient (Wildman–Crippen LogP) is 3.68. The van der Waals surface area contributed by atoms with Crippen molar-refractivity contribution >= 4 is 35.2 Å². The topological polar surface area (TPSA) is 180 Å². The van der Waals surface area contributed by atoms with Crippen molar-refractivity contribution in [3.8, 4) is 16.5 Å². The third-order valence-electron chi connectivity index (χ3n) is 4.44. The van der Waals surface area contributed by atoms with E-state index in [1.165, 1.54) is 6.07 Å². The van der Waals surface area contributed by atoms with Crippen molar-refractivity contribution in [3.05, 3.63) is 62.9 Å². The lowest BCUT2D eigenvalue weighted by molar-refractivity contribution is 0.0522. The molecule has 3 aromatic rings. The summed E-state index contributed by atoms with van der Waals surface area (Å²) < 4.78 is 10.4. The molecule has 36 heavy (non-hydrogen) atoms. The van der Waals surface area contributed by atoms with Gasteiger partial charge >= 0.3 is 18.2 Å². The summed E-state index contributed by atoms with van der Waals surface area (Å²) in [5, 5.41) is 25.5. The van der Waals surface area contributed by atoms with E-state index in [0.717, 1.165) is 16.9 Å². The van der Waals surface area contributed by atoms with Crippen molar-refractivity contribution in [1.29, 1.82) is 0 Å². The van der Waals surface area contributed by atoms with Crippen molar-refractivity contribution in [3.63, 3.8) is 0 Å². The number of alkyl carbamates (subject to hydrolysis) is 1. The zero-order chi connectivity index (χ0) is 26.5. The number of carboxylic acids is 1. The molecule has 1 aromatic carbocycles. The molecular weight excluding hydrogens is 492 g/mol. The molecule has 0 unspecified atom stereocenters. The van der Waals surface area contributed by atoms with Gasteiger partial charge in [0, 0.05) is 6.54 Å². The molecule has 0 aliphatic carbocycles. The van der Waals surface area contributed by atoms with E-state index in [1.54, 1.807) is 50.4 Å². The highest BCUT2D eigenvalue weighted by atomic mass is 32.1. The third-order valence-corrected chi connectivity index (χ3v) is 5.36. The molecule has 0 atom stereocenters. The molecule has 0 spiro atoms. The molecule has 2 aromatic heterocycles. The fourth-order valence-electron chi connectivity index (χ4n) is 2.85. The number of aromatic amines is 1. The van der Waals surface area contributed by atoms with Crippen LogP contribution in [0.3, 0.4) is 0 Å². The van der Waals surface area contributed by atoms with Crippen molar-refractivity contribution in [1.82, 2.24) is 15.3 Å². The number of benzene rings is 1. The molecule has 2 amide bonds. The number of hydrogen-bond acceptors (Lipinski definition) is 9. The molecule has 0 radical (unpaired) electrons. The summed E-state index contributed by atoms with van der Waals surface area (Å²) in [6, 6.07) is 8.57. The number of H-pyrrole nitrogens is 1. The number of ether oxygens (including phenoxy) is 2. The number of carboxylic acid groups (broad SMARTS) is 1. The number of nitrogens with zero attached hydrogens (tertiary/aromatic N) is 1. The summed E-state index contributed by atoms with van der Waals surface area (Å²) in [4.78, 5) is 53.5. The number of carbonyl (C=O) groups is 3. The van der Waals surface area contributed by atoms with E-state index in [9.17, 15) is 24.3 Å². The van der Waals surface area contributed by atoms with E-state index < -0.39 is 40.8 Å². The summed E-state index contributed by atoms with van der Waals surface area (Å²) in [6.45, 7) is 5.56. The van der Waals surface area contributed by atoms with E-state index in [0.29, 0.717) is 5.56 Å². The van der Waals surface area contributed by atoms with E-state index in [2.05, 4.69) is 20.6 Å². The largest absolute Gasteiger partial charge is 0.501 e. The number of aromatic hydroxyl groups is 1. The van der Waals surface area contributed by atoms with E-state index >= 15 is 0 Å². The second-order valence-corrected chi connectivity index (χ2v) is 9.37. The Hall–Kier alpha value is -4.39. The monoisotopic (exact) mass is 516 g/mol. The van der Waals surface area contributed by atoms with Crippen LogP contribution < -0.4 is 16.2 Å². The number of anilines is 1. The molecule has 13 heteroatoms. The number of carbonyl (C=O) groups excluding carboxylic acids is 2. The van der Waals surface area contributed by atoms with Gasteiger partial charge in [0.05, 0.1) is 10.6 Å². The zero-order valence-electron chi connectivity index (χ0n) is 19.6. The smallest absolute Gasteiger partial charge is 0.412 e. The van der Waals surface area contributed by atoms with Crippen LogP contribution in [0, 0.1) is 0 Å². The molecule has 2 heterocycles. The lowest BCUT2D eigenvalue weighted by Gasteiger charge is -2.19. The summed E-state index contributed by atoms with van der Waals surface area (Å²) >= 11 is 1.09. The number of aromatic nitrogens is 2. The first-order chi connectivity index (χ1) is 16.9. The maximum Gasteiger partial charge on any atom is 0.412 e. The summed E-state index contributed by atoms with van der Waals surface area (Å²) in [7, 11) is 0. The summed E-state index contributed by atoms with van der Waals surface area (Å²) in [5.74, 6) is -2.71.